The highest BCUT2D eigenvalue weighted by molar-refractivity contribution is 7.09. The number of carbonyl (C=O) groups is 3. The number of hydrogen-bond acceptors (Lipinski definition) is 5. The maximum atomic E-state index is 13.2. The number of hydrogen-bond donors (Lipinski definition) is 1. The minimum absolute atomic E-state index is 0.0900. The van der Waals surface area contributed by atoms with Gasteiger partial charge in [-0.25, -0.2) is 0 Å². The van der Waals surface area contributed by atoms with Crippen molar-refractivity contribution in [1.29, 1.82) is 0 Å². The van der Waals surface area contributed by atoms with E-state index in [4.69, 9.17) is 0 Å². The quantitative estimate of drug-likeness (QED) is 0.697. The summed E-state index contributed by atoms with van der Waals surface area (Å²) in [5.41, 5.74) is 1.69. The Morgan fingerprint density at radius 2 is 1.74 bits per heavy atom. The second kappa shape index (κ2) is 9.06. The first-order valence-corrected chi connectivity index (χ1v) is 13.6. The van der Waals surface area contributed by atoms with Gasteiger partial charge >= 0.3 is 0 Å². The van der Waals surface area contributed by atoms with E-state index in [1.807, 2.05) is 29.2 Å². The Balaban J connectivity index is 0.975. The first-order valence-electron chi connectivity index (χ1n) is 12.7. The molecular weight excluding hydrogens is 460 g/mol. The Labute approximate surface area is 210 Å². The van der Waals surface area contributed by atoms with Crippen LogP contribution in [0.3, 0.4) is 0 Å². The molecular formula is C27H32N4O3S. The average molecular weight is 493 g/mol. The monoisotopic (exact) mass is 492 g/mol. The molecule has 7 nitrogen and oxygen atoms in total. The molecule has 1 saturated carbocycles. The van der Waals surface area contributed by atoms with Crippen molar-refractivity contribution in [3.63, 3.8) is 0 Å². The van der Waals surface area contributed by atoms with Crippen molar-refractivity contribution in [2.75, 3.05) is 39.3 Å². The molecule has 1 N–H and O–H groups in total. The minimum Gasteiger partial charge on any atom is -0.345 e. The Hall–Kier alpha value is -2.71. The molecule has 35 heavy (non-hydrogen) atoms. The summed E-state index contributed by atoms with van der Waals surface area (Å²) in [6, 6.07) is 11.5. The third kappa shape index (κ3) is 4.38. The van der Waals surface area contributed by atoms with Crippen LogP contribution in [0, 0.1) is 11.3 Å². The third-order valence-electron chi connectivity index (χ3n) is 8.51. The third-order valence-corrected chi connectivity index (χ3v) is 9.37. The molecule has 4 heterocycles. The first-order chi connectivity index (χ1) is 17.0. The number of piperazine rings is 1. The molecule has 1 aromatic heterocycles. The fraction of sp³-hybridized carbons (Fsp3) is 0.519. The van der Waals surface area contributed by atoms with Crippen LogP contribution in [0.4, 0.5) is 0 Å². The van der Waals surface area contributed by atoms with E-state index < -0.39 is 0 Å². The molecule has 6 rings (SSSR count). The molecule has 1 spiro atoms. The maximum absolute atomic E-state index is 13.2. The van der Waals surface area contributed by atoms with Crippen LogP contribution in [0.1, 0.15) is 52.5 Å². The Bertz CT molecular complexity index is 1120. The van der Waals surface area contributed by atoms with Gasteiger partial charge in [0.15, 0.2) is 0 Å². The van der Waals surface area contributed by atoms with E-state index in [1.54, 1.807) is 11.3 Å². The summed E-state index contributed by atoms with van der Waals surface area (Å²) in [5, 5.41) is 5.07. The molecule has 2 aromatic rings. The smallest absolute Gasteiger partial charge is 0.252 e. The van der Waals surface area contributed by atoms with E-state index >= 15 is 0 Å². The second-order valence-electron chi connectivity index (χ2n) is 10.5. The van der Waals surface area contributed by atoms with Gasteiger partial charge in [-0.1, -0.05) is 24.3 Å². The molecule has 1 aliphatic carbocycles. The molecule has 8 heteroatoms. The van der Waals surface area contributed by atoms with E-state index in [1.165, 1.54) is 4.88 Å². The standard InChI is InChI=1S/C27H32N4O3S/c32-24(16-23-20-5-1-2-6-21(20)25(33)28-23)30-9-7-27(8-10-30)17-22(27)26(34)31-13-11-29(12-14-31)18-19-4-3-15-35-19/h1-6,15,22-23H,7-14,16-18H2,(H,28,33). The minimum atomic E-state index is -0.240. The molecule has 3 amide bonds. The van der Waals surface area contributed by atoms with Gasteiger partial charge in [-0.05, 0) is 47.8 Å². The number of piperidine rings is 1. The topological polar surface area (TPSA) is 73.0 Å². The van der Waals surface area contributed by atoms with Gasteiger partial charge in [0.05, 0.1) is 12.5 Å². The van der Waals surface area contributed by atoms with Gasteiger partial charge < -0.3 is 15.1 Å². The van der Waals surface area contributed by atoms with E-state index in [9.17, 15) is 14.4 Å². The largest absolute Gasteiger partial charge is 0.345 e. The number of rotatable bonds is 5. The lowest BCUT2D eigenvalue weighted by Crippen LogP contribution is -2.49. The summed E-state index contributed by atoms with van der Waals surface area (Å²) < 4.78 is 0. The van der Waals surface area contributed by atoms with Crippen LogP contribution >= 0.6 is 11.3 Å². The van der Waals surface area contributed by atoms with Crippen LogP contribution in [0.2, 0.25) is 0 Å². The summed E-state index contributed by atoms with van der Waals surface area (Å²) >= 11 is 1.79. The lowest BCUT2D eigenvalue weighted by atomic mass is 9.90. The fourth-order valence-electron chi connectivity index (χ4n) is 6.21. The maximum Gasteiger partial charge on any atom is 0.252 e. The number of benzene rings is 1. The molecule has 0 radical (unpaired) electrons. The molecule has 3 fully saturated rings. The number of thiophene rings is 1. The molecule has 0 bridgehead atoms. The van der Waals surface area contributed by atoms with Crippen LogP contribution in [-0.2, 0) is 16.1 Å². The van der Waals surface area contributed by atoms with Gasteiger partial charge in [0.2, 0.25) is 11.8 Å². The summed E-state index contributed by atoms with van der Waals surface area (Å²) in [4.78, 5) is 46.2. The highest BCUT2D eigenvalue weighted by atomic mass is 32.1. The second-order valence-corrected chi connectivity index (χ2v) is 11.5. The van der Waals surface area contributed by atoms with Crippen LogP contribution < -0.4 is 5.32 Å². The molecule has 2 saturated heterocycles. The zero-order valence-corrected chi connectivity index (χ0v) is 20.8. The highest BCUT2D eigenvalue weighted by Gasteiger charge is 2.59. The van der Waals surface area contributed by atoms with Crippen LogP contribution in [0.5, 0.6) is 0 Å². The van der Waals surface area contributed by atoms with Crippen molar-refractivity contribution in [3.8, 4) is 0 Å². The van der Waals surface area contributed by atoms with E-state index in [0.29, 0.717) is 31.0 Å². The van der Waals surface area contributed by atoms with Gasteiger partial charge in [0, 0.05) is 62.2 Å². The number of fused-ring (bicyclic) bond motifs is 1. The van der Waals surface area contributed by atoms with Crippen LogP contribution in [-0.4, -0.2) is 71.7 Å². The fourth-order valence-corrected chi connectivity index (χ4v) is 6.95. The summed E-state index contributed by atoms with van der Waals surface area (Å²) in [6.45, 7) is 5.90. The van der Waals surface area contributed by atoms with Crippen molar-refractivity contribution >= 4 is 29.1 Å². The number of nitrogens with one attached hydrogen (secondary N) is 1. The van der Waals surface area contributed by atoms with Crippen LogP contribution in [0.15, 0.2) is 41.8 Å². The summed E-state index contributed by atoms with van der Waals surface area (Å²) in [5.74, 6) is 0.449. The molecule has 2 atom stereocenters. The van der Waals surface area contributed by atoms with Crippen molar-refractivity contribution in [2.24, 2.45) is 11.3 Å². The highest BCUT2D eigenvalue weighted by Crippen LogP contribution is 2.60. The zero-order valence-electron chi connectivity index (χ0n) is 19.9. The SMILES string of the molecule is O=C1NC(CC(=O)N2CCC3(CC2)CC3C(=O)N2CCN(Cc3cccs3)CC2)c2ccccc21. The van der Waals surface area contributed by atoms with Crippen LogP contribution in [0.25, 0.3) is 0 Å². The van der Waals surface area contributed by atoms with Gasteiger partial charge in [-0.15, -0.1) is 11.3 Å². The molecule has 3 aliphatic heterocycles. The van der Waals surface area contributed by atoms with Crippen molar-refractivity contribution in [2.45, 2.75) is 38.3 Å². The van der Waals surface area contributed by atoms with Crippen molar-refractivity contribution in [3.05, 3.63) is 57.8 Å². The van der Waals surface area contributed by atoms with Gasteiger partial charge in [-0.3, -0.25) is 19.3 Å². The Morgan fingerprint density at radius 1 is 0.971 bits per heavy atom. The predicted molar refractivity (Wildman–Crippen MR) is 134 cm³/mol. The summed E-state index contributed by atoms with van der Waals surface area (Å²) in [6.07, 6.45) is 3.07. The predicted octanol–water partition coefficient (Wildman–Crippen LogP) is 2.90. The zero-order chi connectivity index (χ0) is 24.0. The molecule has 1 aromatic carbocycles. The lowest BCUT2D eigenvalue weighted by molar-refractivity contribution is -0.136. The molecule has 2 unspecified atom stereocenters. The van der Waals surface area contributed by atoms with Gasteiger partial charge in [-0.2, -0.15) is 0 Å². The van der Waals surface area contributed by atoms with Crippen molar-refractivity contribution in [1.82, 2.24) is 20.0 Å². The van der Waals surface area contributed by atoms with Gasteiger partial charge in [0.1, 0.15) is 0 Å². The first kappa shape index (κ1) is 22.7. The van der Waals surface area contributed by atoms with Gasteiger partial charge in [0.25, 0.3) is 5.91 Å². The Kier molecular flexibility index (Phi) is 5.89. The molecule has 184 valence electrons. The van der Waals surface area contributed by atoms with Crippen molar-refractivity contribution < 1.29 is 14.4 Å². The van der Waals surface area contributed by atoms with E-state index in [2.05, 4.69) is 32.6 Å². The van der Waals surface area contributed by atoms with E-state index in [-0.39, 0.29) is 29.2 Å². The average Bonchev–Trinajstić information content (AvgIpc) is 3.17. The summed E-state index contributed by atoms with van der Waals surface area (Å²) in [7, 11) is 0. The number of likely N-dealkylation sites (tertiary alicyclic amines) is 1. The number of carbonyl (C=O) groups excluding carboxylic acids is 3. The Morgan fingerprint density at radius 3 is 2.49 bits per heavy atom. The number of amides is 3. The molecule has 4 aliphatic rings. The normalized spacial score (nSPS) is 25.4. The number of nitrogens with zero attached hydrogens (tertiary/aromatic N) is 3. The lowest BCUT2D eigenvalue weighted by Gasteiger charge is -2.36. The van der Waals surface area contributed by atoms with E-state index in [0.717, 1.165) is 57.5 Å².